The van der Waals surface area contributed by atoms with Crippen LogP contribution >= 0.6 is 11.6 Å². The number of hydrogen-bond acceptors (Lipinski definition) is 5. The second-order valence-corrected chi connectivity index (χ2v) is 7.00. The Morgan fingerprint density at radius 1 is 1.10 bits per heavy atom. The van der Waals surface area contributed by atoms with Crippen LogP contribution < -0.4 is 15.5 Å². The first kappa shape index (κ1) is 20.3. The number of amides is 2. The van der Waals surface area contributed by atoms with Crippen molar-refractivity contribution in [3.63, 3.8) is 0 Å². The van der Waals surface area contributed by atoms with Crippen LogP contribution in [0.1, 0.15) is 23.3 Å². The minimum absolute atomic E-state index is 0.214. The highest BCUT2D eigenvalue weighted by Gasteiger charge is 2.16. The molecule has 0 spiro atoms. The first-order chi connectivity index (χ1) is 13.8. The lowest BCUT2D eigenvalue weighted by molar-refractivity contribution is -0.119. The van der Waals surface area contributed by atoms with Gasteiger partial charge in [0.25, 0.3) is 5.91 Å². The molecule has 0 aliphatic rings. The van der Waals surface area contributed by atoms with Crippen molar-refractivity contribution in [2.75, 3.05) is 29.6 Å². The largest absolute Gasteiger partial charge is 0.363 e. The lowest BCUT2D eigenvalue weighted by Crippen LogP contribution is -2.24. The number of nitrogens with zero attached hydrogens (tertiary/aromatic N) is 4. The van der Waals surface area contributed by atoms with Gasteiger partial charge in [-0.2, -0.15) is 5.10 Å². The molecule has 2 aromatic heterocycles. The molecule has 0 fully saturated rings. The summed E-state index contributed by atoms with van der Waals surface area (Å²) in [4.78, 5) is 31.0. The molecule has 2 N–H and O–H groups in total. The van der Waals surface area contributed by atoms with Crippen LogP contribution in [0.15, 0.2) is 54.9 Å². The smallest absolute Gasteiger partial charge is 0.255 e. The normalized spacial score (nSPS) is 11.6. The Balaban J connectivity index is 1.71. The number of anilines is 3. The Hall–Kier alpha value is -3.39. The summed E-state index contributed by atoms with van der Waals surface area (Å²) in [5, 5.41) is 9.94. The fourth-order valence-corrected chi connectivity index (χ4v) is 2.80. The number of carbonyl (C=O) groups excluding carboxylic acids is 2. The molecular formula is C20H21ClN6O2. The van der Waals surface area contributed by atoms with Gasteiger partial charge in [0.2, 0.25) is 5.91 Å². The predicted molar refractivity (Wildman–Crippen MR) is 114 cm³/mol. The zero-order chi connectivity index (χ0) is 21.0. The van der Waals surface area contributed by atoms with Crippen LogP contribution in [0.25, 0.3) is 0 Å². The van der Waals surface area contributed by atoms with E-state index >= 15 is 0 Å². The number of rotatable bonds is 6. The first-order valence-corrected chi connectivity index (χ1v) is 9.27. The molecule has 9 heteroatoms. The van der Waals surface area contributed by atoms with Gasteiger partial charge in [-0.25, -0.2) is 4.98 Å². The van der Waals surface area contributed by atoms with Crippen molar-refractivity contribution in [1.29, 1.82) is 0 Å². The molecule has 0 radical (unpaired) electrons. The number of carbonyl (C=O) groups is 2. The summed E-state index contributed by atoms with van der Waals surface area (Å²) in [6, 6.07) is 11.4. The van der Waals surface area contributed by atoms with Crippen molar-refractivity contribution in [3.05, 3.63) is 65.6 Å². The van der Waals surface area contributed by atoms with Crippen molar-refractivity contribution in [2.45, 2.75) is 13.0 Å². The molecule has 150 valence electrons. The molecule has 0 saturated heterocycles. The molecule has 8 nitrogen and oxygen atoms in total. The van der Waals surface area contributed by atoms with Crippen LogP contribution in [0, 0.1) is 0 Å². The number of hydrogen-bond donors (Lipinski definition) is 2. The van der Waals surface area contributed by atoms with Crippen LogP contribution in [0.5, 0.6) is 0 Å². The molecule has 0 saturated carbocycles. The fourth-order valence-electron chi connectivity index (χ4n) is 2.60. The number of pyridine rings is 1. The van der Waals surface area contributed by atoms with Gasteiger partial charge in [-0.05, 0) is 43.3 Å². The highest BCUT2D eigenvalue weighted by Crippen LogP contribution is 2.20. The molecule has 1 unspecified atom stereocenters. The molecule has 3 rings (SSSR count). The summed E-state index contributed by atoms with van der Waals surface area (Å²) in [7, 11) is 3.63. The van der Waals surface area contributed by atoms with Crippen molar-refractivity contribution >= 4 is 40.6 Å². The van der Waals surface area contributed by atoms with Crippen molar-refractivity contribution in [2.24, 2.45) is 0 Å². The molecule has 1 atom stereocenters. The van der Waals surface area contributed by atoms with Gasteiger partial charge < -0.3 is 15.5 Å². The van der Waals surface area contributed by atoms with E-state index in [1.807, 2.05) is 14.1 Å². The lowest BCUT2D eigenvalue weighted by Gasteiger charge is -2.14. The van der Waals surface area contributed by atoms with E-state index in [2.05, 4.69) is 20.7 Å². The highest BCUT2D eigenvalue weighted by atomic mass is 35.5. The van der Waals surface area contributed by atoms with Crippen LogP contribution in [0.3, 0.4) is 0 Å². The molecule has 1 aromatic carbocycles. The molecule has 0 aliphatic heterocycles. The minimum Gasteiger partial charge on any atom is -0.363 e. The monoisotopic (exact) mass is 412 g/mol. The van der Waals surface area contributed by atoms with Crippen LogP contribution in [0.2, 0.25) is 5.15 Å². The van der Waals surface area contributed by atoms with Gasteiger partial charge in [0.1, 0.15) is 17.0 Å². The maximum atomic E-state index is 12.6. The second-order valence-electron chi connectivity index (χ2n) is 6.62. The molecular weight excluding hydrogens is 392 g/mol. The average Bonchev–Trinajstić information content (AvgIpc) is 3.21. The fraction of sp³-hybridized carbons (Fsp3) is 0.200. The summed E-state index contributed by atoms with van der Waals surface area (Å²) in [5.74, 6) is 0.0378. The van der Waals surface area contributed by atoms with Crippen molar-refractivity contribution in [3.8, 4) is 0 Å². The zero-order valence-electron chi connectivity index (χ0n) is 16.3. The van der Waals surface area contributed by atoms with Crippen LogP contribution in [-0.2, 0) is 4.79 Å². The summed E-state index contributed by atoms with van der Waals surface area (Å²) in [5.41, 5.74) is 1.49. The van der Waals surface area contributed by atoms with Crippen LogP contribution in [-0.4, -0.2) is 40.7 Å². The third-order valence-electron chi connectivity index (χ3n) is 4.19. The van der Waals surface area contributed by atoms with E-state index in [0.717, 1.165) is 0 Å². The number of benzene rings is 1. The molecule has 3 aromatic rings. The maximum Gasteiger partial charge on any atom is 0.255 e. The molecule has 29 heavy (non-hydrogen) atoms. The number of halogens is 1. The average molecular weight is 413 g/mol. The molecule has 0 aliphatic carbocycles. The van der Waals surface area contributed by atoms with E-state index < -0.39 is 6.04 Å². The SMILES string of the molecule is CC(C(=O)Nc1cccc(NC(=O)c2cc(Cl)nc(N(C)C)c2)c1)n1cccn1. The minimum atomic E-state index is -0.466. The van der Waals surface area contributed by atoms with Gasteiger partial charge in [0, 0.05) is 43.4 Å². The van der Waals surface area contributed by atoms with E-state index in [1.165, 1.54) is 6.07 Å². The summed E-state index contributed by atoms with van der Waals surface area (Å²) < 4.78 is 1.57. The first-order valence-electron chi connectivity index (χ1n) is 8.90. The van der Waals surface area contributed by atoms with Crippen LogP contribution in [0.4, 0.5) is 17.2 Å². The Bertz CT molecular complexity index is 1020. The molecule has 2 heterocycles. The van der Waals surface area contributed by atoms with Crippen molar-refractivity contribution < 1.29 is 9.59 Å². The van der Waals surface area contributed by atoms with Crippen molar-refractivity contribution in [1.82, 2.24) is 14.8 Å². The van der Waals surface area contributed by atoms with Gasteiger partial charge in [-0.1, -0.05) is 17.7 Å². The van der Waals surface area contributed by atoms with Gasteiger partial charge in [-0.3, -0.25) is 14.3 Å². The zero-order valence-corrected chi connectivity index (χ0v) is 17.0. The van der Waals surface area contributed by atoms with E-state index in [4.69, 9.17) is 11.6 Å². The predicted octanol–water partition coefficient (Wildman–Crippen LogP) is 3.45. The summed E-state index contributed by atoms with van der Waals surface area (Å²) in [6.45, 7) is 1.75. The van der Waals surface area contributed by atoms with Gasteiger partial charge in [-0.15, -0.1) is 0 Å². The van der Waals surface area contributed by atoms with E-state index in [1.54, 1.807) is 65.3 Å². The Labute approximate surface area is 173 Å². The van der Waals surface area contributed by atoms with E-state index in [0.29, 0.717) is 22.8 Å². The highest BCUT2D eigenvalue weighted by molar-refractivity contribution is 6.30. The second kappa shape index (κ2) is 8.74. The summed E-state index contributed by atoms with van der Waals surface area (Å²) in [6.07, 6.45) is 3.34. The van der Waals surface area contributed by atoms with Gasteiger partial charge >= 0.3 is 0 Å². The standard InChI is InChI=1S/C20H21ClN6O2/c1-13(27-9-5-8-22-27)19(28)23-15-6-4-7-16(12-15)24-20(29)14-10-17(21)25-18(11-14)26(2)3/h4-13H,1-3H3,(H,23,28)(H,24,29). The Morgan fingerprint density at radius 3 is 2.48 bits per heavy atom. The van der Waals surface area contributed by atoms with E-state index in [9.17, 15) is 9.59 Å². The third kappa shape index (κ3) is 5.11. The molecule has 2 amide bonds. The maximum absolute atomic E-state index is 12.6. The third-order valence-corrected chi connectivity index (χ3v) is 4.38. The number of aromatic nitrogens is 3. The Kier molecular flexibility index (Phi) is 6.13. The molecule has 0 bridgehead atoms. The van der Waals surface area contributed by atoms with Gasteiger partial charge in [0.05, 0.1) is 0 Å². The van der Waals surface area contributed by atoms with E-state index in [-0.39, 0.29) is 17.0 Å². The quantitative estimate of drug-likeness (QED) is 0.605. The Morgan fingerprint density at radius 2 is 1.83 bits per heavy atom. The summed E-state index contributed by atoms with van der Waals surface area (Å²) >= 11 is 6.02. The number of nitrogens with one attached hydrogen (secondary N) is 2. The lowest BCUT2D eigenvalue weighted by atomic mass is 10.2. The topological polar surface area (TPSA) is 92.1 Å². The van der Waals surface area contributed by atoms with Gasteiger partial charge in [0.15, 0.2) is 0 Å².